The maximum atomic E-state index is 12.7. The minimum Gasteiger partial charge on any atom is -0.384 e. The van der Waals surface area contributed by atoms with Gasteiger partial charge in [-0.3, -0.25) is 4.79 Å². The van der Waals surface area contributed by atoms with Crippen molar-refractivity contribution in [3.8, 4) is 11.4 Å². The minimum atomic E-state index is -0.0863. The van der Waals surface area contributed by atoms with E-state index in [0.29, 0.717) is 36.3 Å². The topological polar surface area (TPSA) is 89.3 Å². The summed E-state index contributed by atoms with van der Waals surface area (Å²) in [6.45, 7) is 3.17. The summed E-state index contributed by atoms with van der Waals surface area (Å²) in [7, 11) is 1.72. The molecule has 2 aromatic rings. The van der Waals surface area contributed by atoms with Gasteiger partial charge in [-0.1, -0.05) is 17.3 Å². The first kappa shape index (κ1) is 20.8. The van der Waals surface area contributed by atoms with Gasteiger partial charge < -0.3 is 19.9 Å². The number of halogens is 1. The van der Waals surface area contributed by atoms with Crippen LogP contribution in [0.5, 0.6) is 0 Å². The van der Waals surface area contributed by atoms with Gasteiger partial charge in [0.15, 0.2) is 0 Å². The van der Waals surface area contributed by atoms with Crippen LogP contribution in [0.25, 0.3) is 11.4 Å². The number of benzene rings is 1. The summed E-state index contributed by atoms with van der Waals surface area (Å²) in [4.78, 5) is 17.2. The van der Waals surface area contributed by atoms with E-state index in [1.54, 1.807) is 7.11 Å². The standard InChI is InChI=1S/C20H26N4O3.ClH/c1-26-13-20(7-9-21-10-8-20)12-22-18(25)16-4-2-3-15(11-16)17-23-19(27-24-17)14-5-6-14;/h2-4,11,14,21H,5-10,12-13H2,1H3,(H,22,25);1H. The van der Waals surface area contributed by atoms with Crippen LogP contribution in [-0.2, 0) is 4.74 Å². The molecule has 28 heavy (non-hydrogen) atoms. The van der Waals surface area contributed by atoms with Crippen LogP contribution in [0.3, 0.4) is 0 Å². The first-order chi connectivity index (χ1) is 13.2. The van der Waals surface area contributed by atoms with Crippen molar-refractivity contribution >= 4 is 18.3 Å². The number of piperidine rings is 1. The number of nitrogens with one attached hydrogen (secondary N) is 2. The number of rotatable bonds is 7. The zero-order chi connectivity index (χ0) is 18.7. The van der Waals surface area contributed by atoms with Gasteiger partial charge in [0.25, 0.3) is 5.91 Å². The van der Waals surface area contributed by atoms with E-state index in [-0.39, 0.29) is 23.7 Å². The van der Waals surface area contributed by atoms with Crippen molar-refractivity contribution in [2.24, 2.45) is 5.41 Å². The van der Waals surface area contributed by atoms with Crippen LogP contribution in [0.15, 0.2) is 28.8 Å². The summed E-state index contributed by atoms with van der Waals surface area (Å²) in [5, 5.41) is 10.5. The number of carbonyl (C=O) groups excluding carboxylic acids is 1. The molecule has 8 heteroatoms. The quantitative estimate of drug-likeness (QED) is 0.734. The molecule has 1 saturated heterocycles. The Kier molecular flexibility index (Phi) is 6.69. The highest BCUT2D eigenvalue weighted by Gasteiger charge is 2.33. The molecule has 0 atom stereocenters. The average molecular weight is 407 g/mol. The summed E-state index contributed by atoms with van der Waals surface area (Å²) < 4.78 is 10.7. The molecule has 1 aromatic heterocycles. The number of ether oxygens (including phenoxy) is 1. The third-order valence-corrected chi connectivity index (χ3v) is 5.49. The number of methoxy groups -OCH3 is 1. The zero-order valence-corrected chi connectivity index (χ0v) is 16.9. The van der Waals surface area contributed by atoms with Crippen molar-refractivity contribution in [2.75, 3.05) is 33.4 Å². The Morgan fingerprint density at radius 2 is 2.14 bits per heavy atom. The Hall–Kier alpha value is -1.96. The van der Waals surface area contributed by atoms with Crippen molar-refractivity contribution in [1.82, 2.24) is 20.8 Å². The lowest BCUT2D eigenvalue weighted by Crippen LogP contribution is -2.47. The van der Waals surface area contributed by atoms with Gasteiger partial charge in [-0.15, -0.1) is 12.4 Å². The largest absolute Gasteiger partial charge is 0.384 e. The second-order valence-electron chi connectivity index (χ2n) is 7.68. The monoisotopic (exact) mass is 406 g/mol. The number of aromatic nitrogens is 2. The van der Waals surface area contributed by atoms with E-state index in [2.05, 4.69) is 20.8 Å². The fourth-order valence-corrected chi connectivity index (χ4v) is 3.65. The van der Waals surface area contributed by atoms with Gasteiger partial charge in [-0.2, -0.15) is 4.98 Å². The van der Waals surface area contributed by atoms with E-state index < -0.39 is 0 Å². The first-order valence-corrected chi connectivity index (χ1v) is 9.61. The molecule has 2 aliphatic rings. The lowest BCUT2D eigenvalue weighted by Gasteiger charge is -2.37. The molecule has 2 heterocycles. The van der Waals surface area contributed by atoms with Crippen LogP contribution in [-0.4, -0.2) is 49.4 Å². The number of hydrogen-bond donors (Lipinski definition) is 2. The molecular formula is C20H27ClN4O3. The van der Waals surface area contributed by atoms with Crippen molar-refractivity contribution < 1.29 is 14.1 Å². The van der Waals surface area contributed by atoms with Crippen LogP contribution < -0.4 is 10.6 Å². The van der Waals surface area contributed by atoms with E-state index in [9.17, 15) is 4.79 Å². The van der Waals surface area contributed by atoms with Crippen molar-refractivity contribution in [2.45, 2.75) is 31.6 Å². The highest BCUT2D eigenvalue weighted by Crippen LogP contribution is 2.39. The maximum absolute atomic E-state index is 12.7. The molecule has 1 aliphatic heterocycles. The predicted molar refractivity (Wildman–Crippen MR) is 108 cm³/mol. The summed E-state index contributed by atoms with van der Waals surface area (Å²) in [5.41, 5.74) is 1.40. The molecule has 4 rings (SSSR count). The fourth-order valence-electron chi connectivity index (χ4n) is 3.65. The number of amides is 1. The lowest BCUT2D eigenvalue weighted by atomic mass is 9.79. The van der Waals surface area contributed by atoms with Crippen LogP contribution in [0.1, 0.15) is 47.8 Å². The van der Waals surface area contributed by atoms with E-state index in [0.717, 1.165) is 44.3 Å². The summed E-state index contributed by atoms with van der Waals surface area (Å²) in [6.07, 6.45) is 4.22. The van der Waals surface area contributed by atoms with Crippen LogP contribution in [0, 0.1) is 5.41 Å². The van der Waals surface area contributed by atoms with Gasteiger partial charge in [0.2, 0.25) is 11.7 Å². The number of carbonyl (C=O) groups is 1. The molecule has 0 spiro atoms. The summed E-state index contributed by atoms with van der Waals surface area (Å²) >= 11 is 0. The van der Waals surface area contributed by atoms with E-state index in [4.69, 9.17) is 9.26 Å². The van der Waals surface area contributed by atoms with Gasteiger partial charge in [0.1, 0.15) is 0 Å². The van der Waals surface area contributed by atoms with Gasteiger partial charge >= 0.3 is 0 Å². The molecule has 0 bridgehead atoms. The molecule has 1 saturated carbocycles. The highest BCUT2D eigenvalue weighted by molar-refractivity contribution is 5.95. The molecule has 1 aliphatic carbocycles. The lowest BCUT2D eigenvalue weighted by molar-refractivity contribution is 0.0512. The molecule has 0 radical (unpaired) electrons. The van der Waals surface area contributed by atoms with Crippen LogP contribution in [0.2, 0.25) is 0 Å². The van der Waals surface area contributed by atoms with Gasteiger partial charge in [-0.25, -0.2) is 0 Å². The molecule has 152 valence electrons. The van der Waals surface area contributed by atoms with Crippen molar-refractivity contribution in [3.63, 3.8) is 0 Å². The Labute approximate surface area is 171 Å². The summed E-state index contributed by atoms with van der Waals surface area (Å²) in [6, 6.07) is 7.39. The fraction of sp³-hybridized carbons (Fsp3) is 0.550. The third-order valence-electron chi connectivity index (χ3n) is 5.49. The Morgan fingerprint density at radius 3 is 2.86 bits per heavy atom. The van der Waals surface area contributed by atoms with Crippen molar-refractivity contribution in [3.05, 3.63) is 35.7 Å². The molecule has 2 fully saturated rings. The molecule has 0 unspecified atom stereocenters. The molecule has 1 aromatic carbocycles. The summed E-state index contributed by atoms with van der Waals surface area (Å²) in [5.74, 6) is 1.57. The van der Waals surface area contributed by atoms with E-state index in [1.165, 1.54) is 0 Å². The maximum Gasteiger partial charge on any atom is 0.251 e. The highest BCUT2D eigenvalue weighted by atomic mass is 35.5. The third kappa shape index (κ3) is 4.71. The van der Waals surface area contributed by atoms with E-state index >= 15 is 0 Å². The predicted octanol–water partition coefficient (Wildman–Crippen LogP) is 2.78. The Bertz CT molecular complexity index is 795. The van der Waals surface area contributed by atoms with Gasteiger partial charge in [-0.05, 0) is 50.9 Å². The zero-order valence-electron chi connectivity index (χ0n) is 16.1. The molecule has 2 N–H and O–H groups in total. The second-order valence-corrected chi connectivity index (χ2v) is 7.68. The first-order valence-electron chi connectivity index (χ1n) is 9.61. The number of hydrogen-bond acceptors (Lipinski definition) is 6. The Morgan fingerprint density at radius 1 is 1.36 bits per heavy atom. The molecular weight excluding hydrogens is 380 g/mol. The Balaban J connectivity index is 0.00000225. The smallest absolute Gasteiger partial charge is 0.251 e. The molecule has 7 nitrogen and oxygen atoms in total. The van der Waals surface area contributed by atoms with Crippen LogP contribution >= 0.6 is 12.4 Å². The second kappa shape index (κ2) is 9.03. The van der Waals surface area contributed by atoms with Crippen molar-refractivity contribution in [1.29, 1.82) is 0 Å². The number of nitrogens with zero attached hydrogens (tertiary/aromatic N) is 2. The SMILES string of the molecule is COCC1(CNC(=O)c2cccc(-c3noc(C4CC4)n3)c2)CCNCC1.Cl. The van der Waals surface area contributed by atoms with E-state index in [1.807, 2.05) is 24.3 Å². The normalized spacial score (nSPS) is 18.3. The van der Waals surface area contributed by atoms with Gasteiger partial charge in [0, 0.05) is 36.1 Å². The minimum absolute atomic E-state index is 0. The average Bonchev–Trinajstić information content (AvgIpc) is 3.44. The van der Waals surface area contributed by atoms with Crippen LogP contribution in [0.4, 0.5) is 0 Å². The molecule has 1 amide bonds. The van der Waals surface area contributed by atoms with Gasteiger partial charge in [0.05, 0.1) is 6.61 Å².